The Morgan fingerprint density at radius 1 is 1.11 bits per heavy atom. The van der Waals surface area contributed by atoms with E-state index in [1.807, 2.05) is 36.2 Å². The van der Waals surface area contributed by atoms with Gasteiger partial charge in [-0.2, -0.15) is 13.2 Å². The van der Waals surface area contributed by atoms with Gasteiger partial charge in [0.05, 0.1) is 36.9 Å². The second-order valence-electron chi connectivity index (χ2n) is 8.83. The third-order valence-electron chi connectivity index (χ3n) is 5.98. The van der Waals surface area contributed by atoms with Gasteiger partial charge >= 0.3 is 6.18 Å². The fraction of sp³-hybridized carbons (Fsp3) is 0.480. The molecule has 1 unspecified atom stereocenters. The average Bonchev–Trinajstić information content (AvgIpc) is 3.20. The molecule has 4 rings (SSSR count). The molecule has 35 heavy (non-hydrogen) atoms. The molecule has 1 N–H and O–H groups in total. The van der Waals surface area contributed by atoms with Gasteiger partial charge in [-0.05, 0) is 36.9 Å². The quantitative estimate of drug-likeness (QED) is 0.469. The molecule has 0 spiro atoms. The highest BCUT2D eigenvalue weighted by atomic mass is 19.4. The molecule has 0 bridgehead atoms. The van der Waals surface area contributed by atoms with Gasteiger partial charge < -0.3 is 19.1 Å². The maximum Gasteiger partial charge on any atom is 0.449 e. The van der Waals surface area contributed by atoms with E-state index < -0.39 is 18.1 Å². The van der Waals surface area contributed by atoms with Crippen molar-refractivity contribution in [2.24, 2.45) is 0 Å². The molecule has 1 aliphatic heterocycles. The number of rotatable bonds is 10. The number of benzene rings is 2. The first kappa shape index (κ1) is 25.4. The fourth-order valence-electron chi connectivity index (χ4n) is 4.29. The first-order valence-corrected chi connectivity index (χ1v) is 11.7. The zero-order valence-electron chi connectivity index (χ0n) is 19.7. The number of hydrogen-bond acceptors (Lipinski definition) is 6. The van der Waals surface area contributed by atoms with Crippen molar-refractivity contribution in [1.29, 1.82) is 0 Å². The summed E-state index contributed by atoms with van der Waals surface area (Å²) in [5.41, 5.74) is 1.63. The Kier molecular flexibility index (Phi) is 8.27. The van der Waals surface area contributed by atoms with Gasteiger partial charge in [0.25, 0.3) is 0 Å². The van der Waals surface area contributed by atoms with Crippen molar-refractivity contribution in [3.63, 3.8) is 0 Å². The van der Waals surface area contributed by atoms with E-state index in [4.69, 9.17) is 9.47 Å². The zero-order chi connectivity index (χ0) is 24.8. The lowest BCUT2D eigenvalue weighted by atomic mass is 10.2. The van der Waals surface area contributed by atoms with Crippen molar-refractivity contribution in [3.8, 4) is 5.75 Å². The molecule has 0 saturated carbocycles. The molecule has 0 radical (unpaired) electrons. The summed E-state index contributed by atoms with van der Waals surface area (Å²) < 4.78 is 52.7. The predicted molar refractivity (Wildman–Crippen MR) is 126 cm³/mol. The van der Waals surface area contributed by atoms with Crippen LogP contribution in [-0.4, -0.2) is 83.6 Å². The van der Waals surface area contributed by atoms with Crippen LogP contribution in [0.3, 0.4) is 0 Å². The number of para-hydroxylation sites is 2. The smallest absolute Gasteiger partial charge is 0.449 e. The lowest BCUT2D eigenvalue weighted by molar-refractivity contribution is -0.147. The van der Waals surface area contributed by atoms with E-state index >= 15 is 0 Å². The summed E-state index contributed by atoms with van der Waals surface area (Å²) in [4.78, 5) is 7.92. The Hall–Kier alpha value is -2.66. The molecule has 10 heteroatoms. The molecule has 1 atom stereocenters. The summed E-state index contributed by atoms with van der Waals surface area (Å²) in [6, 6.07) is 14.2. The largest absolute Gasteiger partial charge is 0.492 e. The van der Waals surface area contributed by atoms with Gasteiger partial charge in [-0.15, -0.1) is 0 Å². The number of morpholine rings is 1. The van der Waals surface area contributed by atoms with Crippen LogP contribution in [0.1, 0.15) is 11.4 Å². The van der Waals surface area contributed by atoms with Gasteiger partial charge in [-0.3, -0.25) is 9.80 Å². The van der Waals surface area contributed by atoms with E-state index in [9.17, 15) is 18.3 Å². The van der Waals surface area contributed by atoms with E-state index in [0.29, 0.717) is 18.7 Å². The van der Waals surface area contributed by atoms with E-state index in [1.165, 1.54) is 6.07 Å². The summed E-state index contributed by atoms with van der Waals surface area (Å²) in [6.45, 7) is 5.39. The van der Waals surface area contributed by atoms with Crippen LogP contribution in [0.15, 0.2) is 48.5 Å². The Balaban J connectivity index is 1.28. The lowest BCUT2D eigenvalue weighted by Gasteiger charge is -2.26. The van der Waals surface area contributed by atoms with Crippen LogP contribution in [0.4, 0.5) is 13.2 Å². The van der Waals surface area contributed by atoms with Gasteiger partial charge in [0.2, 0.25) is 5.82 Å². The highest BCUT2D eigenvalue weighted by molar-refractivity contribution is 5.76. The number of aliphatic hydroxyl groups excluding tert-OH is 1. The van der Waals surface area contributed by atoms with Crippen LogP contribution in [0.2, 0.25) is 0 Å². The SMILES string of the molecule is CN(Cc1ccc(OCCN2CCOCC2)cc1)CC(O)Cn1c(C(F)(F)F)nc2ccccc21. The molecular weight excluding hydrogens is 461 g/mol. The Bertz CT molecular complexity index is 1080. The normalized spacial score (nSPS) is 16.2. The number of fused-ring (bicyclic) bond motifs is 1. The minimum Gasteiger partial charge on any atom is -0.492 e. The summed E-state index contributed by atoms with van der Waals surface area (Å²) >= 11 is 0. The first-order valence-electron chi connectivity index (χ1n) is 11.7. The van der Waals surface area contributed by atoms with E-state index in [1.54, 1.807) is 18.2 Å². The maximum absolute atomic E-state index is 13.5. The molecule has 1 aromatic heterocycles. The molecule has 0 aliphatic carbocycles. The van der Waals surface area contributed by atoms with Crippen LogP contribution in [0, 0.1) is 0 Å². The average molecular weight is 493 g/mol. The molecule has 3 aromatic rings. The number of halogens is 3. The molecule has 1 saturated heterocycles. The monoisotopic (exact) mass is 492 g/mol. The van der Waals surface area contributed by atoms with E-state index in [2.05, 4.69) is 9.88 Å². The van der Waals surface area contributed by atoms with E-state index in [0.717, 1.165) is 48.7 Å². The van der Waals surface area contributed by atoms with Crippen molar-refractivity contribution in [2.75, 3.05) is 53.0 Å². The van der Waals surface area contributed by atoms with Crippen molar-refractivity contribution in [2.45, 2.75) is 25.4 Å². The third kappa shape index (κ3) is 6.94. The second kappa shape index (κ2) is 11.4. The Morgan fingerprint density at radius 3 is 2.54 bits per heavy atom. The maximum atomic E-state index is 13.5. The molecule has 0 amide bonds. The number of hydrogen-bond donors (Lipinski definition) is 1. The van der Waals surface area contributed by atoms with Crippen molar-refractivity contribution >= 4 is 11.0 Å². The van der Waals surface area contributed by atoms with Crippen LogP contribution in [-0.2, 0) is 24.0 Å². The number of nitrogens with zero attached hydrogens (tertiary/aromatic N) is 4. The highest BCUT2D eigenvalue weighted by Crippen LogP contribution is 2.31. The zero-order valence-corrected chi connectivity index (χ0v) is 19.7. The number of aliphatic hydroxyl groups is 1. The number of ether oxygens (including phenoxy) is 2. The van der Waals surface area contributed by atoms with E-state index in [-0.39, 0.29) is 18.6 Å². The predicted octanol–water partition coefficient (Wildman–Crippen LogP) is 3.26. The number of imidazole rings is 1. The standard InChI is InChI=1S/C25H31F3N4O3/c1-30(16-19-6-8-21(9-7-19)35-15-12-31-10-13-34-14-11-31)17-20(33)18-32-23-5-3-2-4-22(23)29-24(32)25(26,27)28/h2-9,20,33H,10-18H2,1H3. The van der Waals surface area contributed by atoms with Crippen LogP contribution >= 0.6 is 0 Å². The summed E-state index contributed by atoms with van der Waals surface area (Å²) in [5, 5.41) is 10.6. The van der Waals surface area contributed by atoms with Gasteiger partial charge in [-0.1, -0.05) is 24.3 Å². The second-order valence-corrected chi connectivity index (χ2v) is 8.83. The fourth-order valence-corrected chi connectivity index (χ4v) is 4.29. The van der Waals surface area contributed by atoms with Gasteiger partial charge in [-0.25, -0.2) is 4.98 Å². The summed E-state index contributed by atoms with van der Waals surface area (Å²) in [6.07, 6.45) is -5.60. The van der Waals surface area contributed by atoms with Crippen molar-refractivity contribution in [1.82, 2.24) is 19.4 Å². The van der Waals surface area contributed by atoms with Crippen molar-refractivity contribution < 1.29 is 27.8 Å². The minimum absolute atomic E-state index is 0.199. The Morgan fingerprint density at radius 2 is 1.83 bits per heavy atom. The number of alkyl halides is 3. The van der Waals surface area contributed by atoms with Crippen LogP contribution < -0.4 is 4.74 Å². The molecule has 2 heterocycles. The Labute approximate surface area is 202 Å². The minimum atomic E-state index is -4.60. The summed E-state index contributed by atoms with van der Waals surface area (Å²) in [7, 11) is 1.83. The van der Waals surface area contributed by atoms with Crippen molar-refractivity contribution in [3.05, 3.63) is 59.9 Å². The molecule has 1 fully saturated rings. The number of likely N-dealkylation sites (N-methyl/N-ethyl adjacent to an activating group) is 1. The lowest BCUT2D eigenvalue weighted by Crippen LogP contribution is -2.38. The van der Waals surface area contributed by atoms with Crippen LogP contribution in [0.25, 0.3) is 11.0 Å². The summed E-state index contributed by atoms with van der Waals surface area (Å²) in [5.74, 6) is -0.207. The molecule has 190 valence electrons. The molecule has 7 nitrogen and oxygen atoms in total. The van der Waals surface area contributed by atoms with Gasteiger partial charge in [0.15, 0.2) is 0 Å². The third-order valence-corrected chi connectivity index (χ3v) is 5.98. The molecule has 2 aromatic carbocycles. The van der Waals surface area contributed by atoms with Gasteiger partial charge in [0, 0.05) is 32.7 Å². The van der Waals surface area contributed by atoms with Crippen LogP contribution in [0.5, 0.6) is 5.75 Å². The number of aromatic nitrogens is 2. The first-order chi connectivity index (χ1) is 16.8. The highest BCUT2D eigenvalue weighted by Gasteiger charge is 2.38. The molecular formula is C25H31F3N4O3. The van der Waals surface area contributed by atoms with Gasteiger partial charge in [0.1, 0.15) is 12.4 Å². The topological polar surface area (TPSA) is 63.0 Å². The molecule has 1 aliphatic rings.